The van der Waals surface area contributed by atoms with Gasteiger partial charge in [0.15, 0.2) is 0 Å². The highest BCUT2D eigenvalue weighted by Gasteiger charge is 2.21. The molecule has 2 N–H and O–H groups in total. The molecule has 26 heavy (non-hydrogen) atoms. The van der Waals surface area contributed by atoms with Crippen LogP contribution in [0.15, 0.2) is 48.5 Å². The van der Waals surface area contributed by atoms with Crippen molar-refractivity contribution >= 4 is 11.8 Å². The number of aryl methyl sites for hydroxylation is 1. The Labute approximate surface area is 153 Å². The van der Waals surface area contributed by atoms with E-state index in [-0.39, 0.29) is 24.4 Å². The number of ether oxygens (including phenoxy) is 1. The molecule has 5 nitrogen and oxygen atoms in total. The van der Waals surface area contributed by atoms with Crippen LogP contribution in [0.3, 0.4) is 0 Å². The quantitative estimate of drug-likeness (QED) is 0.840. The Kier molecular flexibility index (Phi) is 5.89. The first kappa shape index (κ1) is 18.0. The van der Waals surface area contributed by atoms with Crippen molar-refractivity contribution in [2.75, 3.05) is 13.2 Å². The zero-order valence-electron chi connectivity index (χ0n) is 15.0. The summed E-state index contributed by atoms with van der Waals surface area (Å²) in [6, 6.07) is 15.2. The van der Waals surface area contributed by atoms with E-state index in [0.29, 0.717) is 17.9 Å². The summed E-state index contributed by atoms with van der Waals surface area (Å²) in [5, 5.41) is 5.72. The molecule has 5 heteroatoms. The minimum atomic E-state index is -0.312. The molecule has 0 aliphatic heterocycles. The van der Waals surface area contributed by atoms with Gasteiger partial charge in [0.2, 0.25) is 5.91 Å². The van der Waals surface area contributed by atoms with E-state index in [4.69, 9.17) is 4.74 Å². The van der Waals surface area contributed by atoms with Gasteiger partial charge in [0.05, 0.1) is 24.8 Å². The molecule has 1 aliphatic carbocycles. The Balaban J connectivity index is 1.58. The minimum Gasteiger partial charge on any atom is -0.493 e. The maximum atomic E-state index is 12.4. The Morgan fingerprint density at radius 3 is 2.73 bits per heavy atom. The van der Waals surface area contributed by atoms with Gasteiger partial charge in [-0.3, -0.25) is 9.59 Å². The number of hydrogen-bond donors (Lipinski definition) is 2. The molecule has 2 aromatic rings. The van der Waals surface area contributed by atoms with Crippen LogP contribution in [0.5, 0.6) is 5.75 Å². The van der Waals surface area contributed by atoms with Crippen LogP contribution in [0.2, 0.25) is 0 Å². The summed E-state index contributed by atoms with van der Waals surface area (Å²) >= 11 is 0. The van der Waals surface area contributed by atoms with E-state index in [1.54, 1.807) is 18.2 Å². The van der Waals surface area contributed by atoms with Crippen molar-refractivity contribution in [2.24, 2.45) is 0 Å². The summed E-state index contributed by atoms with van der Waals surface area (Å²) in [6.07, 6.45) is 3.02. The fourth-order valence-electron chi connectivity index (χ4n) is 3.34. The van der Waals surface area contributed by atoms with Gasteiger partial charge in [0.25, 0.3) is 5.91 Å². The highest BCUT2D eigenvalue weighted by Crippen LogP contribution is 2.29. The Morgan fingerprint density at radius 2 is 1.88 bits per heavy atom. The van der Waals surface area contributed by atoms with Crippen molar-refractivity contribution in [3.05, 3.63) is 65.2 Å². The summed E-state index contributed by atoms with van der Waals surface area (Å²) in [6.45, 7) is 2.29. The topological polar surface area (TPSA) is 67.4 Å². The van der Waals surface area contributed by atoms with Gasteiger partial charge < -0.3 is 15.4 Å². The van der Waals surface area contributed by atoms with Gasteiger partial charge >= 0.3 is 0 Å². The molecule has 0 aromatic heterocycles. The number of nitrogens with one attached hydrogen (secondary N) is 2. The van der Waals surface area contributed by atoms with Crippen molar-refractivity contribution in [3.63, 3.8) is 0 Å². The molecule has 0 radical (unpaired) electrons. The van der Waals surface area contributed by atoms with Gasteiger partial charge in [-0.15, -0.1) is 0 Å². The summed E-state index contributed by atoms with van der Waals surface area (Å²) in [7, 11) is 0. The SMILES string of the molecule is CCOc1ccccc1C(=O)NCC(=O)N[C@@H]1CCCc2ccccc21. The fourth-order valence-corrected chi connectivity index (χ4v) is 3.34. The van der Waals surface area contributed by atoms with Crippen molar-refractivity contribution in [3.8, 4) is 5.75 Å². The molecule has 3 rings (SSSR count). The number of carbonyl (C=O) groups is 2. The van der Waals surface area contributed by atoms with Gasteiger partial charge in [0.1, 0.15) is 5.75 Å². The number of carbonyl (C=O) groups excluding carboxylic acids is 2. The van der Waals surface area contributed by atoms with Crippen LogP contribution in [-0.4, -0.2) is 25.0 Å². The average molecular weight is 352 g/mol. The summed E-state index contributed by atoms with van der Waals surface area (Å²) in [4.78, 5) is 24.7. The van der Waals surface area contributed by atoms with Crippen LogP contribution in [0.1, 0.15) is 47.3 Å². The second-order valence-electron chi connectivity index (χ2n) is 6.32. The van der Waals surface area contributed by atoms with Crippen LogP contribution >= 0.6 is 0 Å². The summed E-state index contributed by atoms with van der Waals surface area (Å²) in [5.41, 5.74) is 2.91. The van der Waals surface area contributed by atoms with Gasteiger partial charge in [-0.2, -0.15) is 0 Å². The first-order chi connectivity index (χ1) is 12.7. The number of rotatable bonds is 6. The van der Waals surface area contributed by atoms with E-state index >= 15 is 0 Å². The van der Waals surface area contributed by atoms with Crippen molar-refractivity contribution in [2.45, 2.75) is 32.2 Å². The lowest BCUT2D eigenvalue weighted by molar-refractivity contribution is -0.121. The molecular weight excluding hydrogens is 328 g/mol. The molecule has 2 amide bonds. The highest BCUT2D eigenvalue weighted by molar-refractivity contribution is 5.98. The lowest BCUT2D eigenvalue weighted by atomic mass is 9.88. The van der Waals surface area contributed by atoms with Crippen molar-refractivity contribution in [1.82, 2.24) is 10.6 Å². The van der Waals surface area contributed by atoms with Crippen molar-refractivity contribution in [1.29, 1.82) is 0 Å². The number of hydrogen-bond acceptors (Lipinski definition) is 3. The molecule has 2 aromatic carbocycles. The zero-order chi connectivity index (χ0) is 18.4. The number of amides is 2. The molecule has 0 heterocycles. The largest absolute Gasteiger partial charge is 0.493 e. The predicted octanol–water partition coefficient (Wildman–Crippen LogP) is 3.01. The molecule has 0 fully saturated rings. The fraction of sp³-hybridized carbons (Fsp3) is 0.333. The van der Waals surface area contributed by atoms with Crippen molar-refractivity contribution < 1.29 is 14.3 Å². The van der Waals surface area contributed by atoms with Gasteiger partial charge in [-0.25, -0.2) is 0 Å². The molecule has 1 aliphatic rings. The molecule has 0 spiro atoms. The monoisotopic (exact) mass is 352 g/mol. The van der Waals surface area contributed by atoms with E-state index < -0.39 is 0 Å². The second kappa shape index (κ2) is 8.52. The van der Waals surface area contributed by atoms with Crippen LogP contribution in [-0.2, 0) is 11.2 Å². The van der Waals surface area contributed by atoms with E-state index in [1.165, 1.54) is 11.1 Å². The second-order valence-corrected chi connectivity index (χ2v) is 6.32. The third kappa shape index (κ3) is 4.23. The molecule has 0 saturated carbocycles. The Bertz CT molecular complexity index is 788. The van der Waals surface area contributed by atoms with E-state index in [0.717, 1.165) is 19.3 Å². The number of benzene rings is 2. The number of fused-ring (bicyclic) bond motifs is 1. The predicted molar refractivity (Wildman–Crippen MR) is 100 cm³/mol. The molecule has 0 saturated heterocycles. The molecule has 136 valence electrons. The minimum absolute atomic E-state index is 0.0139. The van der Waals surface area contributed by atoms with E-state index in [2.05, 4.69) is 22.8 Å². The highest BCUT2D eigenvalue weighted by atomic mass is 16.5. The summed E-state index contributed by atoms with van der Waals surface area (Å²) in [5.74, 6) is 0.0244. The first-order valence-corrected chi connectivity index (χ1v) is 9.06. The van der Waals surface area contributed by atoms with Gasteiger partial charge in [-0.1, -0.05) is 36.4 Å². The smallest absolute Gasteiger partial charge is 0.255 e. The van der Waals surface area contributed by atoms with E-state index in [1.807, 2.05) is 25.1 Å². The molecule has 0 bridgehead atoms. The zero-order valence-corrected chi connectivity index (χ0v) is 15.0. The van der Waals surface area contributed by atoms with Gasteiger partial charge in [-0.05, 0) is 49.4 Å². The Morgan fingerprint density at radius 1 is 1.12 bits per heavy atom. The van der Waals surface area contributed by atoms with Gasteiger partial charge in [0, 0.05) is 0 Å². The maximum absolute atomic E-state index is 12.4. The van der Waals surface area contributed by atoms with Crippen LogP contribution in [0.25, 0.3) is 0 Å². The first-order valence-electron chi connectivity index (χ1n) is 9.06. The van der Waals surface area contributed by atoms with Crippen LogP contribution in [0.4, 0.5) is 0 Å². The lowest BCUT2D eigenvalue weighted by Gasteiger charge is -2.26. The normalized spacial score (nSPS) is 15.7. The third-order valence-corrected chi connectivity index (χ3v) is 4.55. The lowest BCUT2D eigenvalue weighted by Crippen LogP contribution is -2.39. The Hall–Kier alpha value is -2.82. The van der Waals surface area contributed by atoms with Crippen LogP contribution in [0, 0.1) is 0 Å². The third-order valence-electron chi connectivity index (χ3n) is 4.55. The average Bonchev–Trinajstić information content (AvgIpc) is 2.67. The molecule has 1 atom stereocenters. The standard InChI is InChI=1S/C21H24N2O3/c1-2-26-19-13-6-5-11-17(19)21(25)22-14-20(24)23-18-12-7-9-15-8-3-4-10-16(15)18/h3-6,8,10-11,13,18H,2,7,9,12,14H2,1H3,(H,22,25)(H,23,24)/t18-/m1/s1. The maximum Gasteiger partial charge on any atom is 0.255 e. The van der Waals surface area contributed by atoms with E-state index in [9.17, 15) is 9.59 Å². The molecule has 0 unspecified atom stereocenters. The molecular formula is C21H24N2O3. The number of para-hydroxylation sites is 1. The summed E-state index contributed by atoms with van der Waals surface area (Å²) < 4.78 is 5.46. The van der Waals surface area contributed by atoms with Crippen LogP contribution < -0.4 is 15.4 Å².